The van der Waals surface area contributed by atoms with Gasteiger partial charge in [0.1, 0.15) is 0 Å². The number of benzene rings is 1. The molecule has 0 amide bonds. The van der Waals surface area contributed by atoms with Gasteiger partial charge in [0.25, 0.3) is 0 Å². The van der Waals surface area contributed by atoms with Crippen molar-refractivity contribution in [1.82, 2.24) is 0 Å². The Labute approximate surface area is 126 Å². The Hall–Kier alpha value is 0.249. The summed E-state index contributed by atoms with van der Waals surface area (Å²) in [4.78, 5) is 0. The predicted octanol–water partition coefficient (Wildman–Crippen LogP) is 2.33. The Morgan fingerprint density at radius 1 is 1.21 bits per heavy atom. The number of rotatable bonds is 8. The quantitative estimate of drug-likeness (QED) is 0.693. The number of thioether (sulfide) groups is 1. The zero-order valence-corrected chi connectivity index (χ0v) is 16.0. The minimum atomic E-state index is -3.26. The molecule has 1 aromatic rings. The van der Waals surface area contributed by atoms with Gasteiger partial charge in [0, 0.05) is 0 Å². The van der Waals surface area contributed by atoms with Crippen molar-refractivity contribution in [2.45, 2.75) is 26.8 Å². The average molecular weight is 390 g/mol. The van der Waals surface area contributed by atoms with E-state index in [4.69, 9.17) is 11.9 Å². The Kier molecular flexibility index (Phi) is 7.75. The summed E-state index contributed by atoms with van der Waals surface area (Å²) in [5.41, 5.74) is 7.29. The third-order valence-electron chi connectivity index (χ3n) is 2.95. The van der Waals surface area contributed by atoms with E-state index in [2.05, 4.69) is 24.5 Å². The Balaban J connectivity index is 3.29. The van der Waals surface area contributed by atoms with Crippen LogP contribution in [-0.4, -0.2) is 42.4 Å². The molecule has 0 saturated carbocycles. The van der Waals surface area contributed by atoms with Gasteiger partial charge in [0.2, 0.25) is 0 Å². The van der Waals surface area contributed by atoms with Crippen LogP contribution in [0.1, 0.15) is 32.4 Å². The van der Waals surface area contributed by atoms with Crippen LogP contribution in [-0.2, 0) is 6.15 Å². The summed E-state index contributed by atoms with van der Waals surface area (Å²) in [7, 11) is 0. The van der Waals surface area contributed by atoms with Crippen LogP contribution in [0.5, 0.6) is 0 Å². The zero-order chi connectivity index (χ0) is 14.3. The van der Waals surface area contributed by atoms with Crippen LogP contribution >= 0.6 is 11.8 Å². The maximum atomic E-state index is 6.20. The van der Waals surface area contributed by atoms with Crippen LogP contribution in [0.25, 0.3) is 0 Å². The summed E-state index contributed by atoms with van der Waals surface area (Å²) >= 11 is -1.46. The zero-order valence-electron chi connectivity index (χ0n) is 12.3. The summed E-state index contributed by atoms with van der Waals surface area (Å²) in [6.07, 6.45) is 2.11. The van der Waals surface area contributed by atoms with Crippen LogP contribution in [0.4, 0.5) is 0 Å². The molecule has 0 aliphatic rings. The maximum absolute atomic E-state index is 6.20. The topological polar surface area (TPSA) is 44.5 Å². The van der Waals surface area contributed by atoms with E-state index in [0.29, 0.717) is 13.2 Å². The normalized spacial score (nSPS) is 13.5. The molecule has 5 heteroatoms. The van der Waals surface area contributed by atoms with Crippen molar-refractivity contribution >= 4 is 34.5 Å². The molecule has 2 N–H and O–H groups in total. The molecule has 1 unspecified atom stereocenters. The van der Waals surface area contributed by atoms with E-state index in [1.165, 1.54) is 9.14 Å². The Bertz CT molecular complexity index is 370. The second kappa shape index (κ2) is 8.52. The van der Waals surface area contributed by atoms with E-state index in [-0.39, 0.29) is 6.04 Å². The summed E-state index contributed by atoms with van der Waals surface area (Å²) in [5, 5.41) is 0. The standard InChI is InChI=1S/C8H10N.2C2H5O.C2H5S.Sn/c1-7(9)8-5-3-2-4-6-8;2*1-2-3;1-3-2;/h2-5,7H,9H2,1H3;2*2H2,1H3;1H2,2H3;/q;2*-1;;+2. The van der Waals surface area contributed by atoms with Crippen molar-refractivity contribution in [3.05, 3.63) is 29.8 Å². The van der Waals surface area contributed by atoms with Gasteiger partial charge >= 0.3 is 126 Å². The van der Waals surface area contributed by atoms with Crippen molar-refractivity contribution in [2.75, 3.05) is 23.2 Å². The predicted molar refractivity (Wildman–Crippen MR) is 86.1 cm³/mol. The monoisotopic (exact) mass is 391 g/mol. The molecule has 108 valence electrons. The molecule has 0 aromatic heterocycles. The molecule has 0 heterocycles. The van der Waals surface area contributed by atoms with Gasteiger partial charge in [-0.05, 0) is 0 Å². The third kappa shape index (κ3) is 4.36. The second-order valence-electron chi connectivity index (χ2n) is 4.43. The summed E-state index contributed by atoms with van der Waals surface area (Å²) in [5.74, 6) is 0. The Morgan fingerprint density at radius 2 is 1.79 bits per heavy atom. The first-order valence-corrected chi connectivity index (χ1v) is 13.9. The number of hydrogen-bond acceptors (Lipinski definition) is 4. The number of hydrogen-bond donors (Lipinski definition) is 1. The van der Waals surface area contributed by atoms with E-state index >= 15 is 0 Å². The molecule has 0 fully saturated rings. The first kappa shape index (κ1) is 17.3. The van der Waals surface area contributed by atoms with Crippen molar-refractivity contribution in [3.8, 4) is 0 Å². The SMILES string of the molecule is CC[O][Sn]([CH2]SC)([O]CC)[c]1ccccc1C(C)N. The van der Waals surface area contributed by atoms with Crippen LogP contribution in [0, 0.1) is 0 Å². The van der Waals surface area contributed by atoms with Crippen LogP contribution < -0.4 is 9.31 Å². The molecule has 3 nitrogen and oxygen atoms in total. The van der Waals surface area contributed by atoms with E-state index < -0.39 is 19.2 Å². The Morgan fingerprint density at radius 3 is 2.26 bits per heavy atom. The average Bonchev–Trinajstić information content (AvgIpc) is 2.39. The van der Waals surface area contributed by atoms with Crippen molar-refractivity contribution < 1.29 is 6.15 Å². The molecule has 0 saturated heterocycles. The van der Waals surface area contributed by atoms with Gasteiger partial charge in [-0.1, -0.05) is 0 Å². The van der Waals surface area contributed by atoms with Crippen LogP contribution in [0.2, 0.25) is 0 Å². The fourth-order valence-electron chi connectivity index (χ4n) is 2.26. The van der Waals surface area contributed by atoms with Gasteiger partial charge in [-0.25, -0.2) is 0 Å². The molecule has 0 radical (unpaired) electrons. The first-order valence-electron chi connectivity index (χ1n) is 6.73. The van der Waals surface area contributed by atoms with Gasteiger partial charge in [-0.15, -0.1) is 0 Å². The van der Waals surface area contributed by atoms with Gasteiger partial charge in [0.15, 0.2) is 0 Å². The number of nitrogens with two attached hydrogens (primary N) is 1. The molecule has 1 atom stereocenters. The van der Waals surface area contributed by atoms with Crippen molar-refractivity contribution in [1.29, 1.82) is 0 Å². The van der Waals surface area contributed by atoms with Gasteiger partial charge < -0.3 is 0 Å². The second-order valence-corrected chi connectivity index (χ2v) is 15.2. The fourth-order valence-corrected chi connectivity index (χ4v) is 15.9. The third-order valence-corrected chi connectivity index (χ3v) is 17.3. The van der Waals surface area contributed by atoms with Crippen molar-refractivity contribution in [2.24, 2.45) is 5.73 Å². The molecule has 0 aliphatic carbocycles. The van der Waals surface area contributed by atoms with Gasteiger partial charge in [0.05, 0.1) is 0 Å². The minimum absolute atomic E-state index is 0.00930. The summed E-state index contributed by atoms with van der Waals surface area (Å²) < 4.78 is 14.6. The molecule has 1 rings (SSSR count). The van der Waals surface area contributed by atoms with E-state index in [9.17, 15) is 0 Å². The molecular weight excluding hydrogens is 365 g/mol. The summed E-state index contributed by atoms with van der Waals surface area (Å²) in [6.45, 7) is 7.50. The van der Waals surface area contributed by atoms with Gasteiger partial charge in [-0.3, -0.25) is 0 Å². The van der Waals surface area contributed by atoms with Crippen molar-refractivity contribution in [3.63, 3.8) is 0 Å². The first-order chi connectivity index (χ1) is 9.11. The van der Waals surface area contributed by atoms with E-state index in [1.54, 1.807) is 11.8 Å². The van der Waals surface area contributed by atoms with Crippen LogP contribution in [0.3, 0.4) is 0 Å². The molecule has 0 spiro atoms. The van der Waals surface area contributed by atoms with E-state index in [0.717, 1.165) is 3.77 Å². The fraction of sp³-hybridized carbons (Fsp3) is 0.571. The molecule has 19 heavy (non-hydrogen) atoms. The van der Waals surface area contributed by atoms with E-state index in [1.807, 2.05) is 26.8 Å². The molecule has 0 bridgehead atoms. The van der Waals surface area contributed by atoms with Gasteiger partial charge in [-0.2, -0.15) is 0 Å². The van der Waals surface area contributed by atoms with Crippen LogP contribution in [0.15, 0.2) is 24.3 Å². The molecular formula is C14H25NO2SSn. The summed E-state index contributed by atoms with van der Waals surface area (Å²) in [6, 6.07) is 8.36. The molecule has 1 aromatic carbocycles. The molecule has 0 aliphatic heterocycles.